The van der Waals surface area contributed by atoms with Crippen molar-refractivity contribution in [3.8, 4) is 21.7 Å². The Morgan fingerprint density at radius 1 is 1.08 bits per heavy atom. The number of hydrogen-bond acceptors (Lipinski definition) is 7. The van der Waals surface area contributed by atoms with Crippen LogP contribution in [0.15, 0.2) is 71.5 Å². The number of nitrogens with two attached hydrogens (primary N) is 1. The average Bonchev–Trinajstić information content (AvgIpc) is 3.66. The third kappa shape index (κ3) is 4.21. The molecular formula is C26H23FN6OS2. The zero-order chi connectivity index (χ0) is 24.6. The molecule has 7 nitrogen and oxygen atoms in total. The van der Waals surface area contributed by atoms with Crippen LogP contribution in [-0.2, 0) is 11.4 Å². The molecule has 3 N–H and O–H groups in total. The van der Waals surface area contributed by atoms with E-state index in [4.69, 9.17) is 5.73 Å². The van der Waals surface area contributed by atoms with Gasteiger partial charge >= 0.3 is 0 Å². The Morgan fingerprint density at radius 3 is 2.72 bits per heavy atom. The van der Waals surface area contributed by atoms with Crippen molar-refractivity contribution >= 4 is 45.2 Å². The first kappa shape index (κ1) is 23.0. The van der Waals surface area contributed by atoms with E-state index in [0.29, 0.717) is 21.6 Å². The zero-order valence-electron chi connectivity index (χ0n) is 19.2. The number of fused-ring (bicyclic) bond motifs is 1. The van der Waals surface area contributed by atoms with E-state index in [1.54, 1.807) is 24.4 Å². The zero-order valence-corrected chi connectivity index (χ0v) is 20.9. The molecule has 4 aromatic heterocycles. The standard InChI is InChI=1S/C26H23FN6OS2/c27-19-13-16(18-14-33(17-5-1-2-6-17)26-24(18)25(28)30-15-31-26)8-9-20(19)32-36(34)23-11-10-22(35-23)21-7-3-4-12-29-21/h3-4,7-15,17,32H,1-2,5-6H2,(H2,28,30,31). The monoisotopic (exact) mass is 518 g/mol. The van der Waals surface area contributed by atoms with Crippen molar-refractivity contribution in [3.05, 3.63) is 73.1 Å². The van der Waals surface area contributed by atoms with Gasteiger partial charge in [-0.3, -0.25) is 4.98 Å². The maximum atomic E-state index is 15.2. The molecule has 1 unspecified atom stereocenters. The summed E-state index contributed by atoms with van der Waals surface area (Å²) in [4.78, 5) is 13.9. The third-order valence-electron chi connectivity index (χ3n) is 6.52. The minimum atomic E-state index is -1.62. The number of anilines is 2. The van der Waals surface area contributed by atoms with Crippen molar-refractivity contribution in [1.82, 2.24) is 19.5 Å². The summed E-state index contributed by atoms with van der Waals surface area (Å²) >= 11 is -0.257. The Bertz CT molecular complexity index is 1530. The van der Waals surface area contributed by atoms with Crippen LogP contribution in [0.1, 0.15) is 31.7 Å². The van der Waals surface area contributed by atoms with E-state index in [2.05, 4.69) is 24.2 Å². The van der Waals surface area contributed by atoms with Crippen LogP contribution < -0.4 is 10.5 Å². The predicted octanol–water partition coefficient (Wildman–Crippen LogP) is 6.19. The fourth-order valence-electron chi connectivity index (χ4n) is 4.77. The molecule has 36 heavy (non-hydrogen) atoms. The van der Waals surface area contributed by atoms with Gasteiger partial charge in [0, 0.05) is 30.1 Å². The minimum Gasteiger partial charge on any atom is -0.587 e. The summed E-state index contributed by atoms with van der Waals surface area (Å²) in [6.45, 7) is 0. The van der Waals surface area contributed by atoms with E-state index < -0.39 is 17.2 Å². The maximum absolute atomic E-state index is 15.2. The van der Waals surface area contributed by atoms with Crippen LogP contribution in [0.2, 0.25) is 0 Å². The molecule has 5 aromatic rings. The summed E-state index contributed by atoms with van der Waals surface area (Å²) in [6, 6.07) is 14.5. The highest BCUT2D eigenvalue weighted by Crippen LogP contribution is 2.39. The minimum absolute atomic E-state index is 0.161. The average molecular weight is 519 g/mol. The van der Waals surface area contributed by atoms with E-state index in [0.717, 1.165) is 40.0 Å². The van der Waals surface area contributed by atoms with Gasteiger partial charge in [0.1, 0.15) is 34.8 Å². The van der Waals surface area contributed by atoms with Crippen LogP contribution in [0, 0.1) is 5.82 Å². The van der Waals surface area contributed by atoms with E-state index >= 15 is 4.39 Å². The van der Waals surface area contributed by atoms with Crippen LogP contribution in [0.5, 0.6) is 0 Å². The second-order valence-corrected chi connectivity index (χ2v) is 11.3. The first-order valence-corrected chi connectivity index (χ1v) is 13.7. The molecule has 1 fully saturated rings. The maximum Gasteiger partial charge on any atom is 0.234 e. The van der Waals surface area contributed by atoms with Crippen LogP contribution >= 0.6 is 11.3 Å². The van der Waals surface area contributed by atoms with Gasteiger partial charge in [0.05, 0.1) is 16.0 Å². The predicted molar refractivity (Wildman–Crippen MR) is 142 cm³/mol. The van der Waals surface area contributed by atoms with Crippen LogP contribution in [-0.4, -0.2) is 24.1 Å². The summed E-state index contributed by atoms with van der Waals surface area (Å²) in [5.41, 5.74) is 9.43. The lowest BCUT2D eigenvalue weighted by molar-refractivity contribution is 0.532. The largest absolute Gasteiger partial charge is 0.587 e. The molecular weight excluding hydrogens is 495 g/mol. The highest BCUT2D eigenvalue weighted by Gasteiger charge is 2.24. The molecule has 0 bridgehead atoms. The quantitative estimate of drug-likeness (QED) is 0.260. The van der Waals surface area contributed by atoms with Crippen molar-refractivity contribution < 1.29 is 8.94 Å². The van der Waals surface area contributed by atoms with E-state index in [1.165, 1.54) is 36.6 Å². The number of benzene rings is 1. The van der Waals surface area contributed by atoms with Gasteiger partial charge in [0.15, 0.2) is 5.82 Å². The molecule has 0 spiro atoms. The molecule has 182 valence electrons. The van der Waals surface area contributed by atoms with Gasteiger partial charge < -0.3 is 14.9 Å². The normalized spacial score (nSPS) is 14.9. The summed E-state index contributed by atoms with van der Waals surface area (Å²) in [7, 11) is 0. The van der Waals surface area contributed by atoms with Crippen molar-refractivity contribution in [2.75, 3.05) is 10.5 Å². The molecule has 10 heteroatoms. The first-order chi connectivity index (χ1) is 17.6. The fourth-order valence-corrected chi connectivity index (χ4v) is 6.84. The van der Waals surface area contributed by atoms with Crippen LogP contribution in [0.25, 0.3) is 32.7 Å². The van der Waals surface area contributed by atoms with Gasteiger partial charge in [-0.1, -0.05) is 36.3 Å². The molecule has 1 aliphatic carbocycles. The molecule has 1 atom stereocenters. The first-order valence-electron chi connectivity index (χ1n) is 11.7. The lowest BCUT2D eigenvalue weighted by Crippen LogP contribution is -2.12. The van der Waals surface area contributed by atoms with Gasteiger partial charge in [-0.25, -0.2) is 14.4 Å². The third-order valence-corrected chi connectivity index (χ3v) is 9.03. The van der Waals surface area contributed by atoms with Gasteiger partial charge in [0.25, 0.3) is 0 Å². The molecule has 0 aliphatic heterocycles. The summed E-state index contributed by atoms with van der Waals surface area (Å²) in [5, 5.41) is 0.730. The Morgan fingerprint density at radius 2 is 1.94 bits per heavy atom. The molecule has 0 amide bonds. The number of nitrogens with one attached hydrogen (secondary N) is 1. The Hall–Kier alpha value is -3.47. The Kier molecular flexibility index (Phi) is 6.08. The molecule has 1 aliphatic rings. The van der Waals surface area contributed by atoms with Crippen molar-refractivity contribution in [1.29, 1.82) is 0 Å². The second-order valence-electron chi connectivity index (χ2n) is 8.74. The van der Waals surface area contributed by atoms with E-state index in [1.807, 2.05) is 30.5 Å². The molecule has 0 saturated heterocycles. The van der Waals surface area contributed by atoms with Gasteiger partial charge in [-0.2, -0.15) is 4.72 Å². The Balaban J connectivity index is 1.28. The summed E-state index contributed by atoms with van der Waals surface area (Å²) in [5.74, 6) is -0.128. The van der Waals surface area contributed by atoms with Gasteiger partial charge in [0.2, 0.25) is 4.21 Å². The van der Waals surface area contributed by atoms with Gasteiger partial charge in [-0.15, -0.1) is 0 Å². The smallest absolute Gasteiger partial charge is 0.234 e. The number of aromatic nitrogens is 4. The second kappa shape index (κ2) is 9.53. The van der Waals surface area contributed by atoms with Gasteiger partial charge in [-0.05, 0) is 48.7 Å². The van der Waals surface area contributed by atoms with Crippen LogP contribution in [0.4, 0.5) is 15.9 Å². The number of halogens is 1. The topological polar surface area (TPSA) is 105 Å². The number of pyridine rings is 1. The molecule has 4 heterocycles. The number of nitrogen functional groups attached to an aromatic ring is 1. The fraction of sp³-hybridized carbons (Fsp3) is 0.192. The van der Waals surface area contributed by atoms with E-state index in [-0.39, 0.29) is 5.69 Å². The number of hydrogen-bond donors (Lipinski definition) is 2. The SMILES string of the molecule is Nc1ncnc2c1c(-c1ccc(N[S+]([O-])c3ccc(-c4ccccn4)s3)c(F)c1)cn2C1CCCC1. The highest BCUT2D eigenvalue weighted by molar-refractivity contribution is 7.94. The van der Waals surface area contributed by atoms with E-state index in [9.17, 15) is 4.55 Å². The Labute approximate surface area is 214 Å². The summed E-state index contributed by atoms with van der Waals surface area (Å²) in [6.07, 6.45) is 9.73. The number of thiophene rings is 1. The van der Waals surface area contributed by atoms with Crippen LogP contribution in [0.3, 0.4) is 0 Å². The molecule has 6 rings (SSSR count). The van der Waals surface area contributed by atoms with Crippen molar-refractivity contribution in [2.24, 2.45) is 0 Å². The molecule has 1 aromatic carbocycles. The lowest BCUT2D eigenvalue weighted by atomic mass is 10.1. The highest BCUT2D eigenvalue weighted by atomic mass is 32.2. The lowest BCUT2D eigenvalue weighted by Gasteiger charge is -2.12. The number of rotatable bonds is 6. The van der Waals surface area contributed by atoms with Crippen molar-refractivity contribution in [3.63, 3.8) is 0 Å². The summed E-state index contributed by atoms with van der Waals surface area (Å²) < 4.78 is 33.7. The van der Waals surface area contributed by atoms with Crippen molar-refractivity contribution in [2.45, 2.75) is 35.9 Å². The molecule has 1 saturated carbocycles. The molecule has 0 radical (unpaired) electrons. The number of nitrogens with zero attached hydrogens (tertiary/aromatic N) is 4.